The minimum Gasteiger partial charge on any atom is -0.392 e. The van der Waals surface area contributed by atoms with Gasteiger partial charge >= 0.3 is 0 Å². The molecule has 0 spiro atoms. The van der Waals surface area contributed by atoms with Crippen LogP contribution in [0, 0.1) is 23.2 Å². The Morgan fingerprint density at radius 2 is 1.71 bits per heavy atom. The van der Waals surface area contributed by atoms with Gasteiger partial charge in [-0.2, -0.15) is 0 Å². The predicted octanol–water partition coefficient (Wildman–Crippen LogP) is 2.53. The van der Waals surface area contributed by atoms with Crippen LogP contribution in [-0.4, -0.2) is 23.4 Å². The molecular weight excluding hydrogens is 212 g/mol. The molecular formula is C15H24O2. The second-order valence-electron chi connectivity index (χ2n) is 6.46. The van der Waals surface area contributed by atoms with E-state index >= 15 is 0 Å². The van der Waals surface area contributed by atoms with E-state index in [1.165, 1.54) is 12.8 Å². The van der Waals surface area contributed by atoms with E-state index in [1.54, 1.807) is 0 Å². The summed E-state index contributed by atoms with van der Waals surface area (Å²) in [7, 11) is 0. The smallest absolute Gasteiger partial charge is 0.0682 e. The van der Waals surface area contributed by atoms with Crippen molar-refractivity contribution in [1.29, 1.82) is 0 Å². The van der Waals surface area contributed by atoms with Crippen molar-refractivity contribution < 1.29 is 10.2 Å². The average molecular weight is 236 g/mol. The Bertz CT molecular complexity index is 352. The van der Waals surface area contributed by atoms with Crippen LogP contribution in [0.1, 0.15) is 33.6 Å². The highest BCUT2D eigenvalue weighted by atomic mass is 16.3. The number of aliphatic hydroxyl groups excluding tert-OH is 2. The van der Waals surface area contributed by atoms with Gasteiger partial charge in [0.05, 0.1) is 13.2 Å². The molecule has 17 heavy (non-hydrogen) atoms. The van der Waals surface area contributed by atoms with Crippen LogP contribution in [0.5, 0.6) is 0 Å². The van der Waals surface area contributed by atoms with Crippen LogP contribution in [0.3, 0.4) is 0 Å². The molecule has 0 aromatic heterocycles. The summed E-state index contributed by atoms with van der Waals surface area (Å²) in [4.78, 5) is 0. The second kappa shape index (κ2) is 4.58. The highest BCUT2D eigenvalue weighted by Gasteiger charge is 2.41. The molecule has 0 unspecified atom stereocenters. The van der Waals surface area contributed by atoms with Crippen LogP contribution in [0.4, 0.5) is 0 Å². The molecule has 96 valence electrons. The van der Waals surface area contributed by atoms with Crippen molar-refractivity contribution in [1.82, 2.24) is 0 Å². The Balaban J connectivity index is 2.33. The normalized spacial score (nSPS) is 35.9. The van der Waals surface area contributed by atoms with E-state index in [4.69, 9.17) is 0 Å². The van der Waals surface area contributed by atoms with Crippen molar-refractivity contribution in [3.8, 4) is 0 Å². The molecule has 2 aliphatic carbocycles. The zero-order valence-corrected chi connectivity index (χ0v) is 11.1. The maximum atomic E-state index is 9.43. The van der Waals surface area contributed by atoms with Crippen LogP contribution >= 0.6 is 0 Å². The van der Waals surface area contributed by atoms with Gasteiger partial charge < -0.3 is 10.2 Å². The fraction of sp³-hybridized carbons (Fsp3) is 0.733. The van der Waals surface area contributed by atoms with Gasteiger partial charge in [-0.1, -0.05) is 32.9 Å². The predicted molar refractivity (Wildman–Crippen MR) is 69.5 cm³/mol. The van der Waals surface area contributed by atoms with E-state index in [9.17, 15) is 10.2 Å². The maximum Gasteiger partial charge on any atom is 0.0682 e. The van der Waals surface area contributed by atoms with Gasteiger partial charge in [-0.3, -0.25) is 0 Å². The van der Waals surface area contributed by atoms with E-state index in [2.05, 4.69) is 32.9 Å². The number of fused-ring (bicyclic) bond motifs is 1. The number of rotatable bonds is 2. The number of allylic oxidation sites excluding steroid dienone is 2. The summed E-state index contributed by atoms with van der Waals surface area (Å²) in [5.74, 6) is 1.71. The van der Waals surface area contributed by atoms with Gasteiger partial charge in [0.2, 0.25) is 0 Å². The van der Waals surface area contributed by atoms with E-state index < -0.39 is 0 Å². The first kappa shape index (κ1) is 12.8. The van der Waals surface area contributed by atoms with Gasteiger partial charge in [-0.15, -0.1) is 0 Å². The van der Waals surface area contributed by atoms with Crippen molar-refractivity contribution in [2.75, 3.05) is 13.2 Å². The molecule has 2 aliphatic rings. The van der Waals surface area contributed by atoms with Crippen LogP contribution in [-0.2, 0) is 0 Å². The third-order valence-electron chi connectivity index (χ3n) is 4.43. The first-order valence-electron chi connectivity index (χ1n) is 6.60. The minimum absolute atomic E-state index is 0.0412. The topological polar surface area (TPSA) is 40.5 Å². The van der Waals surface area contributed by atoms with Gasteiger partial charge in [-0.05, 0) is 47.2 Å². The van der Waals surface area contributed by atoms with E-state index in [0.29, 0.717) is 23.2 Å². The SMILES string of the molecule is C[C@H]1C=C(CO)C(CO)=C[C@H]2CC(C)(C)C[C@@H]12. The quantitative estimate of drug-likeness (QED) is 0.773. The Labute approximate surface area is 104 Å². The van der Waals surface area contributed by atoms with Crippen LogP contribution in [0.2, 0.25) is 0 Å². The summed E-state index contributed by atoms with van der Waals surface area (Å²) in [6.45, 7) is 6.99. The molecule has 0 saturated heterocycles. The first-order valence-corrected chi connectivity index (χ1v) is 6.60. The Morgan fingerprint density at radius 1 is 1.12 bits per heavy atom. The molecule has 0 aliphatic heterocycles. The highest BCUT2D eigenvalue weighted by molar-refractivity contribution is 5.35. The molecule has 0 heterocycles. The first-order chi connectivity index (χ1) is 7.96. The fourth-order valence-corrected chi connectivity index (χ4v) is 3.64. The third kappa shape index (κ3) is 2.48. The lowest BCUT2D eigenvalue weighted by Crippen LogP contribution is -2.13. The number of hydrogen-bond donors (Lipinski definition) is 2. The Hall–Kier alpha value is -0.600. The molecule has 0 bridgehead atoms. The lowest BCUT2D eigenvalue weighted by molar-refractivity contribution is 0.308. The zero-order valence-electron chi connectivity index (χ0n) is 11.1. The third-order valence-corrected chi connectivity index (χ3v) is 4.43. The lowest BCUT2D eigenvalue weighted by Gasteiger charge is -2.20. The highest BCUT2D eigenvalue weighted by Crippen LogP contribution is 2.50. The molecule has 0 amide bonds. The van der Waals surface area contributed by atoms with E-state index in [1.807, 2.05) is 0 Å². The molecule has 2 heteroatoms. The molecule has 2 N–H and O–H groups in total. The average Bonchev–Trinajstić information content (AvgIpc) is 2.52. The van der Waals surface area contributed by atoms with Crippen molar-refractivity contribution in [3.05, 3.63) is 23.3 Å². The van der Waals surface area contributed by atoms with E-state index in [0.717, 1.165) is 11.1 Å². The number of hydrogen-bond acceptors (Lipinski definition) is 2. The number of aliphatic hydroxyl groups is 2. The summed E-state index contributed by atoms with van der Waals surface area (Å²) in [5.41, 5.74) is 2.27. The summed E-state index contributed by atoms with van der Waals surface area (Å²) in [5, 5.41) is 18.8. The molecule has 0 aromatic rings. The van der Waals surface area contributed by atoms with Crippen molar-refractivity contribution >= 4 is 0 Å². The van der Waals surface area contributed by atoms with E-state index in [-0.39, 0.29) is 13.2 Å². The lowest BCUT2D eigenvalue weighted by atomic mass is 9.84. The van der Waals surface area contributed by atoms with Crippen molar-refractivity contribution in [2.45, 2.75) is 33.6 Å². The van der Waals surface area contributed by atoms with Gasteiger partial charge in [-0.25, -0.2) is 0 Å². The van der Waals surface area contributed by atoms with Crippen molar-refractivity contribution in [3.63, 3.8) is 0 Å². The summed E-state index contributed by atoms with van der Waals surface area (Å²) in [6.07, 6.45) is 6.81. The van der Waals surface area contributed by atoms with Gasteiger partial charge in [0.25, 0.3) is 0 Å². The molecule has 1 saturated carbocycles. The van der Waals surface area contributed by atoms with Crippen LogP contribution < -0.4 is 0 Å². The Kier molecular flexibility index (Phi) is 3.46. The van der Waals surface area contributed by atoms with Gasteiger partial charge in [0, 0.05) is 0 Å². The second-order valence-corrected chi connectivity index (χ2v) is 6.46. The molecule has 3 atom stereocenters. The van der Waals surface area contributed by atoms with Crippen molar-refractivity contribution in [2.24, 2.45) is 23.2 Å². The van der Waals surface area contributed by atoms with Gasteiger partial charge in [0.1, 0.15) is 0 Å². The zero-order chi connectivity index (χ0) is 12.6. The van der Waals surface area contributed by atoms with Gasteiger partial charge in [0.15, 0.2) is 0 Å². The largest absolute Gasteiger partial charge is 0.392 e. The van der Waals surface area contributed by atoms with Crippen LogP contribution in [0.15, 0.2) is 23.3 Å². The summed E-state index contributed by atoms with van der Waals surface area (Å²) in [6, 6.07) is 0. The summed E-state index contributed by atoms with van der Waals surface area (Å²) < 4.78 is 0. The molecule has 0 aromatic carbocycles. The van der Waals surface area contributed by atoms with Crippen LogP contribution in [0.25, 0.3) is 0 Å². The Morgan fingerprint density at radius 3 is 2.29 bits per heavy atom. The maximum absolute atomic E-state index is 9.43. The molecule has 2 nitrogen and oxygen atoms in total. The monoisotopic (exact) mass is 236 g/mol. The summed E-state index contributed by atoms with van der Waals surface area (Å²) >= 11 is 0. The minimum atomic E-state index is 0.0412. The fourth-order valence-electron chi connectivity index (χ4n) is 3.64. The molecule has 0 radical (unpaired) electrons. The molecule has 1 fully saturated rings. The standard InChI is InChI=1S/C15H24O2/c1-10-4-12(8-16)13(9-17)5-11-6-15(2,3)7-14(10)11/h4-5,10-11,14,16-17H,6-9H2,1-3H3/t10-,11-,14-/m0/s1. The molecule has 2 rings (SSSR count).